The molecule has 2 aromatic rings. The Kier molecular flexibility index (Phi) is 6.96. The van der Waals surface area contributed by atoms with Crippen molar-refractivity contribution in [2.45, 2.75) is 90.4 Å². The molecule has 3 N–H and O–H groups in total. The highest BCUT2D eigenvalue weighted by Crippen LogP contribution is 2.35. The number of aryl methyl sites for hydroxylation is 1. The predicted molar refractivity (Wildman–Crippen MR) is 134 cm³/mol. The van der Waals surface area contributed by atoms with E-state index in [0.717, 1.165) is 42.6 Å². The highest BCUT2D eigenvalue weighted by atomic mass is 32.1. The van der Waals surface area contributed by atoms with Crippen LogP contribution < -0.4 is 10.6 Å². The Bertz CT molecular complexity index is 1080. The predicted octanol–water partition coefficient (Wildman–Crippen LogP) is 3.99. The highest BCUT2D eigenvalue weighted by Gasteiger charge is 2.33. The van der Waals surface area contributed by atoms with E-state index in [0.29, 0.717) is 23.5 Å². The Morgan fingerprint density at radius 2 is 1.97 bits per heavy atom. The summed E-state index contributed by atoms with van der Waals surface area (Å²) < 4.78 is 0. The average molecular weight is 486 g/mol. The molecule has 0 unspecified atom stereocenters. The average Bonchev–Trinajstić information content (AvgIpc) is 3.47. The van der Waals surface area contributed by atoms with Crippen LogP contribution in [0.15, 0.2) is 12.3 Å². The van der Waals surface area contributed by atoms with Gasteiger partial charge in [0.15, 0.2) is 5.01 Å². The van der Waals surface area contributed by atoms with Crippen molar-refractivity contribution in [2.24, 2.45) is 0 Å². The number of carbonyl (C=O) groups is 2. The first-order valence-electron chi connectivity index (χ1n) is 12.1. The van der Waals surface area contributed by atoms with Crippen LogP contribution in [0.4, 0.5) is 5.82 Å². The number of nitrogens with zero attached hydrogens (tertiary/aromatic N) is 3. The zero-order valence-corrected chi connectivity index (χ0v) is 21.5. The van der Waals surface area contributed by atoms with Gasteiger partial charge < -0.3 is 20.6 Å². The number of hydrogen-bond donors (Lipinski definition) is 3. The summed E-state index contributed by atoms with van der Waals surface area (Å²) in [6, 6.07) is 1.83. The van der Waals surface area contributed by atoms with E-state index in [1.807, 2.05) is 24.8 Å². The number of aliphatic hydroxyl groups excluding tert-OH is 1. The van der Waals surface area contributed by atoms with Gasteiger partial charge in [-0.3, -0.25) is 9.59 Å². The van der Waals surface area contributed by atoms with Crippen LogP contribution in [0.5, 0.6) is 0 Å². The third kappa shape index (κ3) is 5.25. The minimum absolute atomic E-state index is 0.130. The molecule has 184 valence electrons. The molecular formula is C25H35N5O3S. The zero-order valence-electron chi connectivity index (χ0n) is 20.6. The van der Waals surface area contributed by atoms with Crippen molar-refractivity contribution in [1.29, 1.82) is 0 Å². The van der Waals surface area contributed by atoms with Crippen molar-refractivity contribution in [3.05, 3.63) is 28.5 Å². The maximum absolute atomic E-state index is 13.5. The molecule has 3 heterocycles. The zero-order chi connectivity index (χ0) is 24.6. The molecule has 8 nitrogen and oxygen atoms in total. The van der Waals surface area contributed by atoms with E-state index in [4.69, 9.17) is 0 Å². The maximum atomic E-state index is 13.5. The minimum atomic E-state index is -0.538. The van der Waals surface area contributed by atoms with Gasteiger partial charge in [0.25, 0.3) is 11.8 Å². The first-order valence-corrected chi connectivity index (χ1v) is 12.9. The van der Waals surface area contributed by atoms with E-state index in [1.54, 1.807) is 6.20 Å². The lowest BCUT2D eigenvalue weighted by atomic mass is 10.1. The van der Waals surface area contributed by atoms with Crippen LogP contribution in [0, 0.1) is 6.92 Å². The number of aliphatic hydroxyl groups is 1. The van der Waals surface area contributed by atoms with Crippen LogP contribution in [0.25, 0.3) is 10.4 Å². The van der Waals surface area contributed by atoms with Crippen molar-refractivity contribution in [2.75, 3.05) is 11.9 Å². The first kappa shape index (κ1) is 24.6. The molecular weight excluding hydrogens is 450 g/mol. The summed E-state index contributed by atoms with van der Waals surface area (Å²) in [6.07, 6.45) is 5.45. The van der Waals surface area contributed by atoms with Gasteiger partial charge >= 0.3 is 0 Å². The maximum Gasteiger partial charge on any atom is 0.280 e. The topological polar surface area (TPSA) is 107 Å². The monoisotopic (exact) mass is 485 g/mol. The molecule has 0 radical (unpaired) electrons. The number of likely N-dealkylation sites (tertiary alicyclic amines) is 1. The van der Waals surface area contributed by atoms with E-state index in [9.17, 15) is 14.7 Å². The summed E-state index contributed by atoms with van der Waals surface area (Å²) in [6.45, 7) is 10.9. The molecule has 0 spiro atoms. The number of aromatic nitrogens is 2. The second-order valence-corrected chi connectivity index (χ2v) is 11.5. The third-order valence-corrected chi connectivity index (χ3v) is 7.58. The van der Waals surface area contributed by atoms with E-state index >= 15 is 0 Å². The van der Waals surface area contributed by atoms with Crippen LogP contribution in [0.2, 0.25) is 0 Å². The molecule has 4 rings (SSSR count). The van der Waals surface area contributed by atoms with Gasteiger partial charge in [-0.1, -0.05) is 0 Å². The minimum Gasteiger partial charge on any atom is -0.391 e. The molecule has 1 aliphatic carbocycles. The quantitative estimate of drug-likeness (QED) is 0.591. The van der Waals surface area contributed by atoms with Gasteiger partial charge in [-0.25, -0.2) is 9.97 Å². The number of anilines is 1. The van der Waals surface area contributed by atoms with Gasteiger partial charge in [0.2, 0.25) is 0 Å². The summed E-state index contributed by atoms with van der Waals surface area (Å²) in [5, 5.41) is 16.6. The second kappa shape index (κ2) is 9.62. The Balaban J connectivity index is 1.70. The van der Waals surface area contributed by atoms with Gasteiger partial charge in [0.05, 0.1) is 17.0 Å². The number of carbonyl (C=O) groups excluding carboxylic acids is 2. The second-order valence-electron chi connectivity index (χ2n) is 10.5. The molecule has 0 bridgehead atoms. The molecule has 3 atom stereocenters. The van der Waals surface area contributed by atoms with Crippen molar-refractivity contribution >= 4 is 29.0 Å². The normalized spacial score (nSPS) is 22.8. The van der Waals surface area contributed by atoms with Crippen molar-refractivity contribution in [3.63, 3.8) is 0 Å². The lowest BCUT2D eigenvalue weighted by molar-refractivity contribution is 0.0743. The number of pyridine rings is 1. The van der Waals surface area contributed by atoms with Gasteiger partial charge in [-0.2, -0.15) is 0 Å². The van der Waals surface area contributed by atoms with Gasteiger partial charge in [-0.05, 0) is 78.4 Å². The molecule has 1 saturated heterocycles. The molecule has 2 aliphatic rings. The van der Waals surface area contributed by atoms with Crippen LogP contribution in [-0.4, -0.2) is 62.1 Å². The Hall–Kier alpha value is -2.52. The van der Waals surface area contributed by atoms with E-state index in [-0.39, 0.29) is 34.4 Å². The SMILES string of the molecule is Cc1cc(NC(C)(C)C)ncc1-c1sc(C(=O)N[C@H]2CCC[C@@H]2O)nc1C(=O)N1CCC[C@@H]1C. The Morgan fingerprint density at radius 1 is 1.21 bits per heavy atom. The molecule has 9 heteroatoms. The number of hydrogen-bond acceptors (Lipinski definition) is 7. The van der Waals surface area contributed by atoms with Gasteiger partial charge in [0.1, 0.15) is 11.5 Å². The van der Waals surface area contributed by atoms with Crippen molar-refractivity contribution < 1.29 is 14.7 Å². The van der Waals surface area contributed by atoms with E-state index < -0.39 is 6.10 Å². The lowest BCUT2D eigenvalue weighted by Crippen LogP contribution is -2.40. The standard InChI is InChI=1S/C25H35N5O3S/c1-14-12-19(29-25(3,4)5)26-13-16(14)21-20(24(33)30-11-7-8-15(30)2)28-23(34-21)22(32)27-17-9-6-10-18(17)31/h12-13,15,17-18,31H,6-11H2,1-5H3,(H,26,29)(H,27,32)/t15-,17-,18-/m0/s1. The molecule has 2 aromatic heterocycles. The van der Waals surface area contributed by atoms with Crippen molar-refractivity contribution in [1.82, 2.24) is 20.2 Å². The summed E-state index contributed by atoms with van der Waals surface area (Å²) >= 11 is 1.21. The van der Waals surface area contributed by atoms with E-state index in [1.165, 1.54) is 11.3 Å². The highest BCUT2D eigenvalue weighted by molar-refractivity contribution is 7.17. The summed E-state index contributed by atoms with van der Waals surface area (Å²) in [5.74, 6) is 0.266. The molecule has 34 heavy (non-hydrogen) atoms. The summed E-state index contributed by atoms with van der Waals surface area (Å²) in [5.41, 5.74) is 1.92. The number of nitrogens with one attached hydrogen (secondary N) is 2. The number of rotatable bonds is 5. The fourth-order valence-electron chi connectivity index (χ4n) is 4.70. The van der Waals surface area contributed by atoms with Gasteiger partial charge in [-0.15, -0.1) is 11.3 Å². The third-order valence-electron chi connectivity index (χ3n) is 6.49. The number of thiazole rings is 1. The molecule has 0 aromatic carbocycles. The fraction of sp³-hybridized carbons (Fsp3) is 0.600. The van der Waals surface area contributed by atoms with Gasteiger partial charge in [0, 0.05) is 29.9 Å². The molecule has 1 aliphatic heterocycles. The van der Waals surface area contributed by atoms with Crippen LogP contribution in [-0.2, 0) is 0 Å². The fourth-order valence-corrected chi connectivity index (χ4v) is 5.74. The summed E-state index contributed by atoms with van der Waals surface area (Å²) in [4.78, 5) is 38.2. The Labute approximate surface area is 205 Å². The van der Waals surface area contributed by atoms with Crippen LogP contribution in [0.3, 0.4) is 0 Å². The van der Waals surface area contributed by atoms with Crippen LogP contribution in [0.1, 0.15) is 85.7 Å². The molecule has 2 fully saturated rings. The summed E-state index contributed by atoms with van der Waals surface area (Å²) in [7, 11) is 0. The molecule has 1 saturated carbocycles. The van der Waals surface area contributed by atoms with Crippen molar-refractivity contribution in [3.8, 4) is 10.4 Å². The lowest BCUT2D eigenvalue weighted by Gasteiger charge is -2.22. The van der Waals surface area contributed by atoms with E-state index in [2.05, 4.69) is 41.4 Å². The molecule has 2 amide bonds. The van der Waals surface area contributed by atoms with Crippen LogP contribution >= 0.6 is 11.3 Å². The first-order chi connectivity index (χ1) is 16.0. The smallest absolute Gasteiger partial charge is 0.280 e. The largest absolute Gasteiger partial charge is 0.391 e. The number of amides is 2. The Morgan fingerprint density at radius 3 is 2.56 bits per heavy atom.